The molecule has 1 aromatic rings. The molecule has 1 aromatic carbocycles. The van der Waals surface area contributed by atoms with Crippen molar-refractivity contribution in [1.29, 1.82) is 0 Å². The van der Waals surface area contributed by atoms with Gasteiger partial charge in [0.2, 0.25) is 5.91 Å². The summed E-state index contributed by atoms with van der Waals surface area (Å²) in [7, 11) is 0. The molecular weight excluding hydrogens is 210 g/mol. The number of halogens is 1. The number of nitro groups is 1. The van der Waals surface area contributed by atoms with Gasteiger partial charge in [-0.25, -0.2) is 0 Å². The Balaban J connectivity index is 3.49. The summed E-state index contributed by atoms with van der Waals surface area (Å²) >= 11 is 5.58. The Hall–Kier alpha value is -1.82. The SMILES string of the molecule is NC(=O)c1ccc(N)c([N+](=O)[O-])c1Cl. The first-order valence-electron chi connectivity index (χ1n) is 3.47. The van der Waals surface area contributed by atoms with Crippen molar-refractivity contribution in [2.24, 2.45) is 5.73 Å². The van der Waals surface area contributed by atoms with Gasteiger partial charge in [0, 0.05) is 0 Å². The predicted molar refractivity (Wildman–Crippen MR) is 51.0 cm³/mol. The second kappa shape index (κ2) is 3.51. The van der Waals surface area contributed by atoms with Crippen LogP contribution in [0.25, 0.3) is 0 Å². The number of amides is 1. The summed E-state index contributed by atoms with van der Waals surface area (Å²) in [5.41, 5.74) is 9.54. The van der Waals surface area contributed by atoms with Gasteiger partial charge in [0.25, 0.3) is 0 Å². The van der Waals surface area contributed by atoms with E-state index >= 15 is 0 Å². The molecule has 4 N–H and O–H groups in total. The van der Waals surface area contributed by atoms with E-state index in [9.17, 15) is 14.9 Å². The lowest BCUT2D eigenvalue weighted by Crippen LogP contribution is -2.12. The molecule has 0 atom stereocenters. The van der Waals surface area contributed by atoms with Crippen molar-refractivity contribution in [3.8, 4) is 0 Å². The molecule has 0 aromatic heterocycles. The number of nitrogen functional groups attached to an aromatic ring is 1. The number of nitro benzene ring substituents is 1. The van der Waals surface area contributed by atoms with Gasteiger partial charge in [0.05, 0.1) is 10.5 Å². The Morgan fingerprint density at radius 1 is 1.50 bits per heavy atom. The molecule has 0 unspecified atom stereocenters. The molecule has 0 fully saturated rings. The van der Waals surface area contributed by atoms with E-state index in [1.165, 1.54) is 12.1 Å². The van der Waals surface area contributed by atoms with Crippen molar-refractivity contribution in [1.82, 2.24) is 0 Å². The number of hydrogen-bond donors (Lipinski definition) is 2. The van der Waals surface area contributed by atoms with Gasteiger partial charge in [0.1, 0.15) is 10.7 Å². The summed E-state index contributed by atoms with van der Waals surface area (Å²) in [6.45, 7) is 0. The molecule has 74 valence electrons. The summed E-state index contributed by atoms with van der Waals surface area (Å²) in [5.74, 6) is -0.835. The van der Waals surface area contributed by atoms with Crippen molar-refractivity contribution in [3.05, 3.63) is 32.8 Å². The lowest BCUT2D eigenvalue weighted by molar-refractivity contribution is -0.383. The van der Waals surface area contributed by atoms with E-state index in [4.69, 9.17) is 23.1 Å². The molecule has 0 aliphatic carbocycles. The summed E-state index contributed by atoms with van der Waals surface area (Å²) in [6, 6.07) is 2.46. The largest absolute Gasteiger partial charge is 0.393 e. The van der Waals surface area contributed by atoms with Crippen molar-refractivity contribution in [2.75, 3.05) is 5.73 Å². The van der Waals surface area contributed by atoms with E-state index in [1.807, 2.05) is 0 Å². The molecule has 14 heavy (non-hydrogen) atoms. The highest BCUT2D eigenvalue weighted by Crippen LogP contribution is 2.33. The second-order valence-electron chi connectivity index (χ2n) is 2.49. The molecule has 0 radical (unpaired) electrons. The van der Waals surface area contributed by atoms with Crippen molar-refractivity contribution in [2.45, 2.75) is 0 Å². The average molecular weight is 216 g/mol. The van der Waals surface area contributed by atoms with Crippen LogP contribution in [0.15, 0.2) is 12.1 Å². The zero-order chi connectivity index (χ0) is 10.9. The number of carbonyl (C=O) groups is 1. The molecule has 6 nitrogen and oxygen atoms in total. The number of primary amides is 1. The highest BCUT2D eigenvalue weighted by Gasteiger charge is 2.22. The zero-order valence-electron chi connectivity index (χ0n) is 6.86. The maximum Gasteiger partial charge on any atom is 0.311 e. The number of carbonyl (C=O) groups excluding carboxylic acids is 1. The Labute approximate surface area is 83.6 Å². The van der Waals surface area contributed by atoms with Crippen LogP contribution < -0.4 is 11.5 Å². The lowest BCUT2D eigenvalue weighted by atomic mass is 10.1. The third-order valence-corrected chi connectivity index (χ3v) is 1.98. The minimum atomic E-state index is -0.835. The minimum Gasteiger partial charge on any atom is -0.393 e. The van der Waals surface area contributed by atoms with E-state index in [0.717, 1.165) is 0 Å². The Morgan fingerprint density at radius 2 is 2.07 bits per heavy atom. The van der Waals surface area contributed by atoms with Gasteiger partial charge in [-0.2, -0.15) is 0 Å². The Morgan fingerprint density at radius 3 is 2.50 bits per heavy atom. The summed E-state index contributed by atoms with van der Waals surface area (Å²) in [6.07, 6.45) is 0. The molecule has 7 heteroatoms. The van der Waals surface area contributed by atoms with Crippen LogP contribution in [-0.2, 0) is 0 Å². The number of rotatable bonds is 2. The fraction of sp³-hybridized carbons (Fsp3) is 0. The van der Waals surface area contributed by atoms with E-state index in [2.05, 4.69) is 0 Å². The smallest absolute Gasteiger partial charge is 0.311 e. The molecule has 0 bridgehead atoms. The van der Waals surface area contributed by atoms with Gasteiger partial charge in [-0.05, 0) is 12.1 Å². The third kappa shape index (κ3) is 1.60. The molecule has 1 amide bonds. The first-order valence-corrected chi connectivity index (χ1v) is 3.85. The summed E-state index contributed by atoms with van der Waals surface area (Å²) < 4.78 is 0. The number of benzene rings is 1. The van der Waals surface area contributed by atoms with Crippen LogP contribution in [0, 0.1) is 10.1 Å². The monoisotopic (exact) mass is 215 g/mol. The van der Waals surface area contributed by atoms with E-state index in [0.29, 0.717) is 0 Å². The van der Waals surface area contributed by atoms with Gasteiger partial charge < -0.3 is 11.5 Å². The predicted octanol–water partition coefficient (Wildman–Crippen LogP) is 0.929. The average Bonchev–Trinajstić information content (AvgIpc) is 2.02. The Kier molecular flexibility index (Phi) is 2.57. The number of nitrogens with two attached hydrogens (primary N) is 2. The molecule has 0 heterocycles. The van der Waals surface area contributed by atoms with Crippen molar-refractivity contribution in [3.63, 3.8) is 0 Å². The van der Waals surface area contributed by atoms with Crippen molar-refractivity contribution < 1.29 is 9.72 Å². The standard InChI is InChI=1S/C7H6ClN3O3/c8-5-3(7(10)12)1-2-4(9)6(5)11(13)14/h1-2H,9H2,(H2,10,12). The van der Waals surface area contributed by atoms with E-state index in [1.54, 1.807) is 0 Å². The van der Waals surface area contributed by atoms with Crippen LogP contribution in [0.3, 0.4) is 0 Å². The van der Waals surface area contributed by atoms with Crippen LogP contribution in [0.4, 0.5) is 11.4 Å². The highest BCUT2D eigenvalue weighted by molar-refractivity contribution is 6.36. The molecule has 1 rings (SSSR count). The number of anilines is 1. The number of hydrogen-bond acceptors (Lipinski definition) is 4. The summed E-state index contributed by atoms with van der Waals surface area (Å²) in [4.78, 5) is 20.5. The van der Waals surface area contributed by atoms with E-state index in [-0.39, 0.29) is 16.3 Å². The summed E-state index contributed by atoms with van der Waals surface area (Å²) in [5, 5.41) is 10.2. The van der Waals surface area contributed by atoms with Crippen LogP contribution >= 0.6 is 11.6 Å². The van der Waals surface area contributed by atoms with Gasteiger partial charge in [-0.1, -0.05) is 11.6 Å². The van der Waals surface area contributed by atoms with Gasteiger partial charge in [-0.15, -0.1) is 0 Å². The van der Waals surface area contributed by atoms with Crippen LogP contribution in [0.5, 0.6) is 0 Å². The van der Waals surface area contributed by atoms with Crippen LogP contribution in [-0.4, -0.2) is 10.8 Å². The zero-order valence-corrected chi connectivity index (χ0v) is 7.62. The molecule has 0 aliphatic heterocycles. The molecule has 0 aliphatic rings. The topological polar surface area (TPSA) is 112 Å². The van der Waals surface area contributed by atoms with Gasteiger partial charge in [-0.3, -0.25) is 14.9 Å². The lowest BCUT2D eigenvalue weighted by Gasteiger charge is -2.02. The van der Waals surface area contributed by atoms with Crippen LogP contribution in [0.2, 0.25) is 5.02 Å². The molecule has 0 saturated carbocycles. The minimum absolute atomic E-state index is 0.106. The molecule has 0 saturated heterocycles. The molecular formula is C7H6ClN3O3. The normalized spacial score (nSPS) is 9.79. The first kappa shape index (κ1) is 10.3. The van der Waals surface area contributed by atoms with Crippen LogP contribution in [0.1, 0.15) is 10.4 Å². The quantitative estimate of drug-likeness (QED) is 0.434. The van der Waals surface area contributed by atoms with Gasteiger partial charge >= 0.3 is 5.69 Å². The first-order chi connectivity index (χ1) is 6.45. The van der Waals surface area contributed by atoms with E-state index < -0.39 is 16.5 Å². The second-order valence-corrected chi connectivity index (χ2v) is 2.86. The third-order valence-electron chi connectivity index (χ3n) is 1.60. The van der Waals surface area contributed by atoms with Crippen molar-refractivity contribution >= 4 is 28.9 Å². The molecule has 0 spiro atoms. The van der Waals surface area contributed by atoms with Gasteiger partial charge in [0.15, 0.2) is 0 Å². The maximum absolute atomic E-state index is 10.8. The fourth-order valence-electron chi connectivity index (χ4n) is 0.955. The highest BCUT2D eigenvalue weighted by atomic mass is 35.5. The maximum atomic E-state index is 10.8. The Bertz CT molecular complexity index is 419. The number of nitrogens with zero attached hydrogens (tertiary/aromatic N) is 1. The fourth-order valence-corrected chi connectivity index (χ4v) is 1.29.